The quantitative estimate of drug-likeness (QED) is 0.802. The molecule has 1 aromatic carbocycles. The van der Waals surface area contributed by atoms with E-state index in [2.05, 4.69) is 33.8 Å². The minimum Gasteiger partial charge on any atom is -0.326 e. The number of benzene rings is 1. The van der Waals surface area contributed by atoms with E-state index in [0.29, 0.717) is 17.5 Å². The van der Waals surface area contributed by atoms with Crippen LogP contribution in [0, 0.1) is 0 Å². The van der Waals surface area contributed by atoms with Crippen LogP contribution >= 0.6 is 11.6 Å². The molecule has 0 unspecified atom stereocenters. The summed E-state index contributed by atoms with van der Waals surface area (Å²) >= 11 is 6.05. The predicted molar refractivity (Wildman–Crippen MR) is 87.9 cm³/mol. The normalized spacial score (nSPS) is 14.6. The van der Waals surface area contributed by atoms with Gasteiger partial charge < -0.3 is 10.3 Å². The standard InChI is InChI=1S/C17H17ClN4/c18-14-7-15-17(20-9-14)22(16(21-15)13-5-6-13)10-12-3-1-11(8-19)2-4-12/h1-4,7,9,13H,5-6,8,10,19H2. The zero-order chi connectivity index (χ0) is 15.1. The summed E-state index contributed by atoms with van der Waals surface area (Å²) in [6.45, 7) is 1.35. The van der Waals surface area contributed by atoms with Crippen molar-refractivity contribution in [2.75, 3.05) is 0 Å². The Balaban J connectivity index is 1.76. The lowest BCUT2D eigenvalue weighted by molar-refractivity contribution is 0.740. The number of hydrogen-bond acceptors (Lipinski definition) is 3. The molecule has 4 rings (SSSR count). The molecule has 0 amide bonds. The maximum Gasteiger partial charge on any atom is 0.160 e. The van der Waals surface area contributed by atoms with Gasteiger partial charge in [-0.2, -0.15) is 0 Å². The SMILES string of the molecule is NCc1ccc(Cn2c(C3CC3)nc3cc(Cl)cnc32)cc1. The van der Waals surface area contributed by atoms with Gasteiger partial charge in [-0.25, -0.2) is 9.97 Å². The number of halogens is 1. The maximum absolute atomic E-state index is 6.05. The van der Waals surface area contributed by atoms with Gasteiger partial charge in [0.1, 0.15) is 11.3 Å². The summed E-state index contributed by atoms with van der Waals surface area (Å²) in [7, 11) is 0. The van der Waals surface area contributed by atoms with Crippen LogP contribution in [0.2, 0.25) is 5.02 Å². The summed E-state index contributed by atoms with van der Waals surface area (Å²) in [4.78, 5) is 9.25. The molecule has 2 N–H and O–H groups in total. The highest BCUT2D eigenvalue weighted by atomic mass is 35.5. The van der Waals surface area contributed by atoms with Gasteiger partial charge in [-0.1, -0.05) is 35.9 Å². The van der Waals surface area contributed by atoms with Crippen molar-refractivity contribution in [2.24, 2.45) is 5.73 Å². The number of hydrogen-bond donors (Lipinski definition) is 1. The maximum atomic E-state index is 6.05. The van der Waals surface area contributed by atoms with Crippen LogP contribution in [0.4, 0.5) is 0 Å². The topological polar surface area (TPSA) is 56.7 Å². The Morgan fingerprint density at radius 3 is 2.59 bits per heavy atom. The van der Waals surface area contributed by atoms with Gasteiger partial charge in [0.05, 0.1) is 11.6 Å². The molecule has 1 fully saturated rings. The zero-order valence-electron chi connectivity index (χ0n) is 12.2. The van der Waals surface area contributed by atoms with Crippen molar-refractivity contribution in [1.29, 1.82) is 0 Å². The lowest BCUT2D eigenvalue weighted by Gasteiger charge is -2.09. The first-order valence-electron chi connectivity index (χ1n) is 7.54. The summed E-state index contributed by atoms with van der Waals surface area (Å²) in [5, 5.41) is 0.631. The average Bonchev–Trinajstić information content (AvgIpc) is 3.32. The van der Waals surface area contributed by atoms with E-state index in [1.54, 1.807) is 6.20 Å². The van der Waals surface area contributed by atoms with Gasteiger partial charge in [0, 0.05) is 18.7 Å². The molecule has 22 heavy (non-hydrogen) atoms. The molecular weight excluding hydrogens is 296 g/mol. The van der Waals surface area contributed by atoms with Gasteiger partial charge in [0.15, 0.2) is 5.65 Å². The molecule has 0 aliphatic heterocycles. The minimum atomic E-state index is 0.566. The number of rotatable bonds is 4. The molecule has 0 atom stereocenters. The highest BCUT2D eigenvalue weighted by Gasteiger charge is 2.30. The van der Waals surface area contributed by atoms with Crippen molar-refractivity contribution in [3.8, 4) is 0 Å². The number of nitrogens with zero attached hydrogens (tertiary/aromatic N) is 3. The molecule has 0 spiro atoms. The number of pyridine rings is 1. The van der Waals surface area contributed by atoms with Crippen molar-refractivity contribution >= 4 is 22.8 Å². The summed E-state index contributed by atoms with van der Waals surface area (Å²) in [5.41, 5.74) is 9.83. The van der Waals surface area contributed by atoms with Crippen LogP contribution < -0.4 is 5.73 Å². The second-order valence-electron chi connectivity index (χ2n) is 5.85. The first-order valence-corrected chi connectivity index (χ1v) is 7.92. The van der Waals surface area contributed by atoms with Crippen LogP contribution in [0.25, 0.3) is 11.2 Å². The van der Waals surface area contributed by atoms with Crippen molar-refractivity contribution in [3.05, 3.63) is 58.5 Å². The van der Waals surface area contributed by atoms with Crippen LogP contribution in [0.3, 0.4) is 0 Å². The number of aromatic nitrogens is 3. The molecule has 1 aliphatic rings. The van der Waals surface area contributed by atoms with E-state index in [4.69, 9.17) is 22.3 Å². The fourth-order valence-corrected chi connectivity index (χ4v) is 2.93. The second-order valence-corrected chi connectivity index (χ2v) is 6.28. The Morgan fingerprint density at radius 1 is 1.18 bits per heavy atom. The van der Waals surface area contributed by atoms with Crippen LogP contribution in [0.15, 0.2) is 36.5 Å². The van der Waals surface area contributed by atoms with E-state index >= 15 is 0 Å². The molecule has 1 saturated carbocycles. The summed E-state index contributed by atoms with van der Waals surface area (Å²) in [6.07, 6.45) is 4.11. The largest absolute Gasteiger partial charge is 0.326 e. The van der Waals surface area contributed by atoms with Crippen LogP contribution in [0.1, 0.15) is 35.7 Å². The lowest BCUT2D eigenvalue weighted by atomic mass is 10.1. The Bertz CT molecular complexity index is 819. The van der Waals surface area contributed by atoms with Gasteiger partial charge in [-0.05, 0) is 30.0 Å². The number of imidazole rings is 1. The fraction of sp³-hybridized carbons (Fsp3) is 0.294. The molecule has 1 aliphatic carbocycles. The molecule has 0 bridgehead atoms. The molecule has 2 heterocycles. The molecule has 4 nitrogen and oxygen atoms in total. The third-order valence-corrected chi connectivity index (χ3v) is 4.33. The molecular formula is C17H17ClN4. The van der Waals surface area contributed by atoms with Gasteiger partial charge in [0.25, 0.3) is 0 Å². The Labute approximate surface area is 133 Å². The third kappa shape index (κ3) is 2.49. The molecule has 112 valence electrons. The van der Waals surface area contributed by atoms with Gasteiger partial charge >= 0.3 is 0 Å². The van der Waals surface area contributed by atoms with Gasteiger partial charge in [-0.3, -0.25) is 0 Å². The number of fused-ring (bicyclic) bond motifs is 1. The number of nitrogens with two attached hydrogens (primary N) is 1. The smallest absolute Gasteiger partial charge is 0.160 e. The summed E-state index contributed by atoms with van der Waals surface area (Å²) in [5.74, 6) is 1.70. The van der Waals surface area contributed by atoms with E-state index in [9.17, 15) is 0 Å². The van der Waals surface area contributed by atoms with E-state index in [-0.39, 0.29) is 0 Å². The average molecular weight is 313 g/mol. The van der Waals surface area contributed by atoms with E-state index < -0.39 is 0 Å². The van der Waals surface area contributed by atoms with Crippen molar-refractivity contribution in [3.63, 3.8) is 0 Å². The molecule has 5 heteroatoms. The highest BCUT2D eigenvalue weighted by Crippen LogP contribution is 2.40. The fourth-order valence-electron chi connectivity index (χ4n) is 2.78. The van der Waals surface area contributed by atoms with E-state index in [1.807, 2.05) is 6.07 Å². The summed E-state index contributed by atoms with van der Waals surface area (Å²) in [6, 6.07) is 10.3. The third-order valence-electron chi connectivity index (χ3n) is 4.12. The monoisotopic (exact) mass is 312 g/mol. The second kappa shape index (κ2) is 5.38. The first kappa shape index (κ1) is 13.7. The van der Waals surface area contributed by atoms with Crippen LogP contribution in [-0.4, -0.2) is 14.5 Å². The predicted octanol–water partition coefficient (Wildman–Crippen LogP) is 3.47. The highest BCUT2D eigenvalue weighted by molar-refractivity contribution is 6.31. The Kier molecular flexibility index (Phi) is 3.36. The lowest BCUT2D eigenvalue weighted by Crippen LogP contribution is -2.05. The van der Waals surface area contributed by atoms with E-state index in [0.717, 1.165) is 29.1 Å². The van der Waals surface area contributed by atoms with Crippen LogP contribution in [-0.2, 0) is 13.1 Å². The molecule has 2 aromatic heterocycles. The molecule has 3 aromatic rings. The van der Waals surface area contributed by atoms with Gasteiger partial charge in [0.2, 0.25) is 0 Å². The van der Waals surface area contributed by atoms with Crippen molar-refractivity contribution in [2.45, 2.75) is 31.8 Å². The molecule has 0 saturated heterocycles. The van der Waals surface area contributed by atoms with Gasteiger partial charge in [-0.15, -0.1) is 0 Å². The van der Waals surface area contributed by atoms with Crippen LogP contribution in [0.5, 0.6) is 0 Å². The van der Waals surface area contributed by atoms with Crippen molar-refractivity contribution in [1.82, 2.24) is 14.5 Å². The first-order chi connectivity index (χ1) is 10.7. The summed E-state index contributed by atoms with van der Waals surface area (Å²) < 4.78 is 2.22. The van der Waals surface area contributed by atoms with E-state index in [1.165, 1.54) is 18.4 Å². The Morgan fingerprint density at radius 2 is 1.91 bits per heavy atom. The zero-order valence-corrected chi connectivity index (χ0v) is 12.9. The molecule has 0 radical (unpaired) electrons. The Hall–Kier alpha value is -1.91. The minimum absolute atomic E-state index is 0.566. The van der Waals surface area contributed by atoms with Crippen molar-refractivity contribution < 1.29 is 0 Å².